The molecule has 0 unspecified atom stereocenters. The van der Waals surface area contributed by atoms with Gasteiger partial charge in [-0.3, -0.25) is 0 Å². The van der Waals surface area contributed by atoms with Crippen molar-refractivity contribution >= 4 is 5.82 Å². The molecular formula is C16H29N3O. The molecule has 0 aromatic carbocycles. The normalized spacial score (nSPS) is 11.7. The van der Waals surface area contributed by atoms with Crippen LogP contribution in [0.4, 0.5) is 5.82 Å². The van der Waals surface area contributed by atoms with Crippen molar-refractivity contribution in [3.05, 3.63) is 17.6 Å². The van der Waals surface area contributed by atoms with Crippen LogP contribution in [-0.4, -0.2) is 23.1 Å². The first-order valence-corrected chi connectivity index (χ1v) is 7.91. The van der Waals surface area contributed by atoms with Gasteiger partial charge in [-0.2, -0.15) is 0 Å². The molecule has 1 aromatic rings. The number of rotatable bonds is 9. The van der Waals surface area contributed by atoms with Gasteiger partial charge in [0.2, 0.25) is 0 Å². The highest BCUT2D eigenvalue weighted by molar-refractivity contribution is 5.37. The van der Waals surface area contributed by atoms with Crippen LogP contribution in [0, 0.1) is 0 Å². The Bertz CT molecular complexity index is 378. The highest BCUT2D eigenvalue weighted by Gasteiger charge is 2.32. The summed E-state index contributed by atoms with van der Waals surface area (Å²) in [6.45, 7) is 12.1. The van der Waals surface area contributed by atoms with Crippen LogP contribution in [0.15, 0.2) is 6.07 Å². The number of hydrogen-bond acceptors (Lipinski definition) is 4. The zero-order valence-electron chi connectivity index (χ0n) is 13.6. The van der Waals surface area contributed by atoms with Gasteiger partial charge < -0.3 is 10.1 Å². The molecule has 1 N–H and O–H groups in total. The lowest BCUT2D eigenvalue weighted by atomic mass is 9.95. The van der Waals surface area contributed by atoms with Gasteiger partial charge in [-0.15, -0.1) is 0 Å². The minimum absolute atomic E-state index is 0.358. The van der Waals surface area contributed by atoms with Gasteiger partial charge in [-0.1, -0.05) is 27.2 Å². The average Bonchev–Trinajstić information content (AvgIpc) is 2.45. The zero-order chi connectivity index (χ0) is 15.0. The Morgan fingerprint density at radius 2 is 1.80 bits per heavy atom. The molecule has 0 atom stereocenters. The van der Waals surface area contributed by atoms with Crippen LogP contribution in [0.2, 0.25) is 0 Å². The van der Waals surface area contributed by atoms with Crippen LogP contribution in [0.3, 0.4) is 0 Å². The first kappa shape index (κ1) is 16.9. The lowest BCUT2D eigenvalue weighted by Gasteiger charge is -2.30. The minimum Gasteiger partial charge on any atom is -0.370 e. The topological polar surface area (TPSA) is 47.0 Å². The number of anilines is 1. The van der Waals surface area contributed by atoms with Gasteiger partial charge >= 0.3 is 0 Å². The van der Waals surface area contributed by atoms with Crippen molar-refractivity contribution in [1.29, 1.82) is 0 Å². The van der Waals surface area contributed by atoms with Crippen molar-refractivity contribution in [3.63, 3.8) is 0 Å². The molecule has 0 aliphatic heterocycles. The van der Waals surface area contributed by atoms with E-state index in [1.807, 2.05) is 6.92 Å². The molecule has 4 nitrogen and oxygen atoms in total. The molecule has 0 saturated carbocycles. The molecule has 0 aliphatic rings. The molecule has 4 heteroatoms. The Balaban J connectivity index is 3.24. The molecule has 0 saturated heterocycles. The van der Waals surface area contributed by atoms with Crippen LogP contribution in [0.1, 0.15) is 65.4 Å². The smallest absolute Gasteiger partial charge is 0.162 e. The van der Waals surface area contributed by atoms with E-state index in [1.165, 1.54) is 0 Å². The van der Waals surface area contributed by atoms with Gasteiger partial charge in [0.25, 0.3) is 0 Å². The molecule has 114 valence electrons. The largest absolute Gasteiger partial charge is 0.370 e. The van der Waals surface area contributed by atoms with E-state index in [0.29, 0.717) is 6.61 Å². The molecule has 0 radical (unpaired) electrons. The first-order chi connectivity index (χ1) is 9.65. The molecule has 20 heavy (non-hydrogen) atoms. The molecule has 0 bridgehead atoms. The summed E-state index contributed by atoms with van der Waals surface area (Å²) < 4.78 is 6.03. The predicted molar refractivity (Wildman–Crippen MR) is 84.1 cm³/mol. The van der Waals surface area contributed by atoms with E-state index in [4.69, 9.17) is 14.7 Å². The summed E-state index contributed by atoms with van der Waals surface area (Å²) in [6, 6.07) is 2.05. The van der Waals surface area contributed by atoms with Crippen LogP contribution in [-0.2, 0) is 16.8 Å². The van der Waals surface area contributed by atoms with E-state index in [1.54, 1.807) is 0 Å². The Kier molecular flexibility index (Phi) is 6.93. The summed E-state index contributed by atoms with van der Waals surface area (Å²) in [4.78, 5) is 9.45. The number of aryl methyl sites for hydroxylation is 1. The number of nitrogens with zero attached hydrogens (tertiary/aromatic N) is 2. The summed E-state index contributed by atoms with van der Waals surface area (Å²) in [7, 11) is 0. The Morgan fingerprint density at radius 3 is 2.30 bits per heavy atom. The second kappa shape index (κ2) is 8.20. The number of ether oxygens (including phenoxy) is 1. The summed E-state index contributed by atoms with van der Waals surface area (Å²) in [5.41, 5.74) is 0.738. The van der Waals surface area contributed by atoms with Crippen molar-refractivity contribution in [3.8, 4) is 0 Å². The van der Waals surface area contributed by atoms with E-state index < -0.39 is 0 Å². The molecule has 0 aliphatic carbocycles. The fraction of sp³-hybridized carbons (Fsp3) is 0.750. The quantitative estimate of drug-likeness (QED) is 0.744. The maximum atomic E-state index is 6.03. The zero-order valence-corrected chi connectivity index (χ0v) is 13.6. The maximum Gasteiger partial charge on any atom is 0.162 e. The monoisotopic (exact) mass is 279 g/mol. The Hall–Kier alpha value is -1.16. The van der Waals surface area contributed by atoms with Gasteiger partial charge in [-0.25, -0.2) is 9.97 Å². The van der Waals surface area contributed by atoms with Gasteiger partial charge in [0, 0.05) is 24.9 Å². The first-order valence-electron chi connectivity index (χ1n) is 7.91. The second-order valence-corrected chi connectivity index (χ2v) is 4.98. The van der Waals surface area contributed by atoms with Crippen molar-refractivity contribution in [1.82, 2.24) is 9.97 Å². The van der Waals surface area contributed by atoms with Crippen LogP contribution in [0.5, 0.6) is 0 Å². The number of nitrogens with one attached hydrogen (secondary N) is 1. The van der Waals surface area contributed by atoms with Gasteiger partial charge in [0.15, 0.2) is 5.82 Å². The van der Waals surface area contributed by atoms with Gasteiger partial charge in [0.05, 0.1) is 0 Å². The third-order valence-electron chi connectivity index (χ3n) is 3.61. The van der Waals surface area contributed by atoms with Gasteiger partial charge in [0.1, 0.15) is 11.4 Å². The van der Waals surface area contributed by atoms with Crippen molar-refractivity contribution in [2.24, 2.45) is 0 Å². The molecule has 1 rings (SSSR count). The van der Waals surface area contributed by atoms with Crippen molar-refractivity contribution < 1.29 is 4.74 Å². The van der Waals surface area contributed by atoms with Gasteiger partial charge in [-0.05, 0) is 33.1 Å². The summed E-state index contributed by atoms with van der Waals surface area (Å²) in [5.74, 6) is 1.73. The predicted octanol–water partition coefficient (Wildman–Crippen LogP) is 3.91. The maximum absolute atomic E-state index is 6.03. The molecule has 0 spiro atoms. The second-order valence-electron chi connectivity index (χ2n) is 4.98. The van der Waals surface area contributed by atoms with E-state index in [9.17, 15) is 0 Å². The molecular weight excluding hydrogens is 250 g/mol. The standard InChI is InChI=1S/C16H29N3O/c1-6-11-13-12-14(17-9-4)19-15(18-13)16(7-2,8-3)20-10-5/h12H,6-11H2,1-5H3,(H,17,18,19). The van der Waals surface area contributed by atoms with Crippen molar-refractivity contribution in [2.75, 3.05) is 18.5 Å². The van der Waals surface area contributed by atoms with E-state index in [-0.39, 0.29) is 5.60 Å². The SMILES string of the molecule is CCCc1cc(NCC)nc(C(CC)(CC)OCC)n1. The fourth-order valence-electron chi connectivity index (χ4n) is 2.47. The van der Waals surface area contributed by atoms with Crippen LogP contribution in [0.25, 0.3) is 0 Å². The fourth-order valence-corrected chi connectivity index (χ4v) is 2.47. The highest BCUT2D eigenvalue weighted by atomic mass is 16.5. The number of aromatic nitrogens is 2. The highest BCUT2D eigenvalue weighted by Crippen LogP contribution is 2.31. The molecule has 1 aromatic heterocycles. The molecule has 0 amide bonds. The number of hydrogen-bond donors (Lipinski definition) is 1. The van der Waals surface area contributed by atoms with Crippen LogP contribution < -0.4 is 5.32 Å². The third-order valence-corrected chi connectivity index (χ3v) is 3.61. The van der Waals surface area contributed by atoms with Crippen LogP contribution >= 0.6 is 0 Å². The lowest BCUT2D eigenvalue weighted by Crippen LogP contribution is -2.31. The third kappa shape index (κ3) is 3.92. The van der Waals surface area contributed by atoms with E-state index in [2.05, 4.69) is 39.1 Å². The summed E-state index contributed by atoms with van der Waals surface area (Å²) in [6.07, 6.45) is 3.84. The van der Waals surface area contributed by atoms with Crippen molar-refractivity contribution in [2.45, 2.75) is 65.9 Å². The van der Waals surface area contributed by atoms with E-state index in [0.717, 1.165) is 49.6 Å². The lowest BCUT2D eigenvalue weighted by molar-refractivity contribution is -0.0572. The summed E-state index contributed by atoms with van der Waals surface area (Å²) >= 11 is 0. The Morgan fingerprint density at radius 1 is 1.10 bits per heavy atom. The molecule has 1 heterocycles. The van der Waals surface area contributed by atoms with E-state index >= 15 is 0 Å². The molecule has 0 fully saturated rings. The Labute approximate surface area is 123 Å². The average molecular weight is 279 g/mol. The minimum atomic E-state index is -0.358. The summed E-state index contributed by atoms with van der Waals surface area (Å²) in [5, 5.41) is 3.30.